The van der Waals surface area contributed by atoms with Crippen LogP contribution in [0.4, 0.5) is 23.2 Å². The van der Waals surface area contributed by atoms with Crippen molar-refractivity contribution in [2.45, 2.75) is 13.5 Å². The first-order chi connectivity index (χ1) is 11.8. The Morgan fingerprint density at radius 1 is 0.960 bits per heavy atom. The van der Waals surface area contributed by atoms with Gasteiger partial charge in [-0.25, -0.2) is 17.6 Å². The van der Waals surface area contributed by atoms with Crippen molar-refractivity contribution >= 4 is 17.5 Å². The number of benzene rings is 2. The lowest BCUT2D eigenvalue weighted by Gasteiger charge is -2.21. The van der Waals surface area contributed by atoms with Gasteiger partial charge in [0.2, 0.25) is 11.8 Å². The molecule has 0 radical (unpaired) electrons. The van der Waals surface area contributed by atoms with Gasteiger partial charge in [0.1, 0.15) is 12.4 Å². The lowest BCUT2D eigenvalue weighted by atomic mass is 10.2. The molecule has 0 fully saturated rings. The Labute approximate surface area is 141 Å². The normalized spacial score (nSPS) is 10.4. The molecule has 0 aliphatic heterocycles. The van der Waals surface area contributed by atoms with E-state index in [1.807, 2.05) is 0 Å². The number of hydrogen-bond donors (Lipinski definition) is 1. The number of carbonyl (C=O) groups excluding carboxylic acids is 2. The fourth-order valence-electron chi connectivity index (χ4n) is 2.09. The number of nitrogens with zero attached hydrogens (tertiary/aromatic N) is 1. The van der Waals surface area contributed by atoms with E-state index in [9.17, 15) is 27.2 Å². The first kappa shape index (κ1) is 18.4. The van der Waals surface area contributed by atoms with Gasteiger partial charge in [0, 0.05) is 13.5 Å². The van der Waals surface area contributed by atoms with Crippen LogP contribution >= 0.6 is 0 Å². The molecule has 0 unspecified atom stereocenters. The third kappa shape index (κ3) is 4.56. The predicted molar refractivity (Wildman–Crippen MR) is 82.6 cm³/mol. The van der Waals surface area contributed by atoms with Crippen LogP contribution in [0.5, 0.6) is 0 Å². The molecular weight excluding hydrogens is 340 g/mol. The number of hydrogen-bond acceptors (Lipinski definition) is 2. The average molecular weight is 354 g/mol. The molecule has 2 amide bonds. The highest BCUT2D eigenvalue weighted by Gasteiger charge is 2.23. The second kappa shape index (κ2) is 7.78. The van der Waals surface area contributed by atoms with Crippen molar-refractivity contribution < 1.29 is 27.2 Å². The van der Waals surface area contributed by atoms with Gasteiger partial charge in [-0.2, -0.15) is 0 Å². The zero-order chi connectivity index (χ0) is 18.6. The molecule has 0 saturated heterocycles. The minimum Gasteiger partial charge on any atom is -0.350 e. The molecule has 0 aromatic heterocycles. The Balaban J connectivity index is 2.08. The second-order valence-corrected chi connectivity index (χ2v) is 5.20. The molecule has 0 bridgehead atoms. The van der Waals surface area contributed by atoms with Gasteiger partial charge in [-0.3, -0.25) is 9.59 Å². The molecule has 1 N–H and O–H groups in total. The quantitative estimate of drug-likeness (QED) is 0.663. The maximum absolute atomic E-state index is 13.8. The average Bonchev–Trinajstić information content (AvgIpc) is 2.57. The van der Waals surface area contributed by atoms with E-state index in [-0.39, 0.29) is 6.54 Å². The van der Waals surface area contributed by atoms with Crippen LogP contribution in [0.15, 0.2) is 36.4 Å². The van der Waals surface area contributed by atoms with Crippen LogP contribution in [-0.4, -0.2) is 18.4 Å². The van der Waals surface area contributed by atoms with Crippen LogP contribution in [0.2, 0.25) is 0 Å². The second-order valence-electron chi connectivity index (χ2n) is 5.20. The minimum atomic E-state index is -1.73. The van der Waals surface area contributed by atoms with Crippen LogP contribution in [0, 0.1) is 23.3 Å². The summed E-state index contributed by atoms with van der Waals surface area (Å²) < 4.78 is 53.0. The molecule has 0 heterocycles. The molecule has 2 aromatic rings. The highest BCUT2D eigenvalue weighted by atomic mass is 19.2. The standard InChI is InChI=1S/C17H14F4N2O2/c1-10(24)23(14-7-6-13(19)16(20)17(14)21)9-15(25)22-8-11-2-4-12(18)5-3-11/h2-7H,8-9H2,1H3,(H,22,25). The summed E-state index contributed by atoms with van der Waals surface area (Å²) in [4.78, 5) is 24.3. The van der Waals surface area contributed by atoms with Crippen LogP contribution in [0.3, 0.4) is 0 Å². The van der Waals surface area contributed by atoms with Crippen molar-refractivity contribution in [1.29, 1.82) is 0 Å². The molecular formula is C17H14F4N2O2. The van der Waals surface area contributed by atoms with Crippen molar-refractivity contribution in [3.8, 4) is 0 Å². The van der Waals surface area contributed by atoms with E-state index in [0.717, 1.165) is 13.0 Å². The van der Waals surface area contributed by atoms with Gasteiger partial charge in [0.25, 0.3) is 0 Å². The molecule has 0 aliphatic carbocycles. The summed E-state index contributed by atoms with van der Waals surface area (Å²) in [6, 6.07) is 6.92. The van der Waals surface area contributed by atoms with E-state index in [1.165, 1.54) is 24.3 Å². The van der Waals surface area contributed by atoms with Crippen LogP contribution < -0.4 is 10.2 Å². The van der Waals surface area contributed by atoms with Gasteiger partial charge in [-0.15, -0.1) is 0 Å². The Bertz CT molecular complexity index is 794. The van der Waals surface area contributed by atoms with E-state index in [1.54, 1.807) is 0 Å². The summed E-state index contributed by atoms with van der Waals surface area (Å²) in [6.45, 7) is 0.539. The number of carbonyl (C=O) groups is 2. The third-order valence-electron chi connectivity index (χ3n) is 3.39. The monoisotopic (exact) mass is 354 g/mol. The van der Waals surface area contributed by atoms with Gasteiger partial charge >= 0.3 is 0 Å². The van der Waals surface area contributed by atoms with Gasteiger partial charge in [-0.05, 0) is 29.8 Å². The summed E-state index contributed by atoms with van der Waals surface area (Å²) in [7, 11) is 0. The Hall–Kier alpha value is -2.90. The first-order valence-electron chi connectivity index (χ1n) is 7.22. The summed E-state index contributed by atoms with van der Waals surface area (Å²) >= 11 is 0. The molecule has 0 saturated carbocycles. The van der Waals surface area contributed by atoms with Gasteiger partial charge in [0.15, 0.2) is 17.5 Å². The molecule has 0 spiro atoms. The van der Waals surface area contributed by atoms with Crippen molar-refractivity contribution in [3.63, 3.8) is 0 Å². The van der Waals surface area contributed by atoms with Gasteiger partial charge in [-0.1, -0.05) is 12.1 Å². The largest absolute Gasteiger partial charge is 0.350 e. The molecule has 132 valence electrons. The Kier molecular flexibility index (Phi) is 5.74. The maximum atomic E-state index is 13.8. The van der Waals surface area contributed by atoms with Crippen LogP contribution in [-0.2, 0) is 16.1 Å². The van der Waals surface area contributed by atoms with Gasteiger partial charge in [0.05, 0.1) is 5.69 Å². The number of anilines is 1. The zero-order valence-corrected chi connectivity index (χ0v) is 13.2. The fourth-order valence-corrected chi connectivity index (χ4v) is 2.09. The highest BCUT2D eigenvalue weighted by Crippen LogP contribution is 2.23. The third-order valence-corrected chi connectivity index (χ3v) is 3.39. The molecule has 25 heavy (non-hydrogen) atoms. The van der Waals surface area contributed by atoms with Crippen molar-refractivity contribution in [1.82, 2.24) is 5.32 Å². The number of amides is 2. The maximum Gasteiger partial charge on any atom is 0.240 e. The van der Waals surface area contributed by atoms with E-state index in [4.69, 9.17) is 0 Å². The summed E-state index contributed by atoms with van der Waals surface area (Å²) in [5.41, 5.74) is 0.0754. The van der Waals surface area contributed by atoms with Crippen molar-refractivity contribution in [2.75, 3.05) is 11.4 Å². The van der Waals surface area contributed by atoms with E-state index in [2.05, 4.69) is 5.32 Å². The summed E-state index contributed by atoms with van der Waals surface area (Å²) in [6.07, 6.45) is 0. The molecule has 0 aliphatic rings. The smallest absolute Gasteiger partial charge is 0.240 e. The lowest BCUT2D eigenvalue weighted by molar-refractivity contribution is -0.123. The SMILES string of the molecule is CC(=O)N(CC(=O)NCc1ccc(F)cc1)c1ccc(F)c(F)c1F. The Morgan fingerprint density at radius 3 is 2.20 bits per heavy atom. The van der Waals surface area contributed by atoms with Crippen molar-refractivity contribution in [3.05, 3.63) is 65.2 Å². The molecule has 8 heteroatoms. The zero-order valence-electron chi connectivity index (χ0n) is 13.2. The van der Waals surface area contributed by atoms with Gasteiger partial charge < -0.3 is 10.2 Å². The molecule has 0 atom stereocenters. The van der Waals surface area contributed by atoms with E-state index < -0.39 is 47.3 Å². The number of halogens is 4. The van der Waals surface area contributed by atoms with E-state index in [0.29, 0.717) is 16.5 Å². The fraction of sp³-hybridized carbons (Fsp3) is 0.176. The molecule has 2 rings (SSSR count). The highest BCUT2D eigenvalue weighted by molar-refractivity contribution is 5.97. The molecule has 4 nitrogen and oxygen atoms in total. The summed E-state index contributed by atoms with van der Waals surface area (Å²) in [5.74, 6) is -6.47. The first-order valence-corrected chi connectivity index (χ1v) is 7.22. The summed E-state index contributed by atoms with van der Waals surface area (Å²) in [5, 5.41) is 2.47. The number of rotatable bonds is 5. The molecule has 2 aromatic carbocycles. The Morgan fingerprint density at radius 2 is 1.60 bits per heavy atom. The number of nitrogens with one attached hydrogen (secondary N) is 1. The van der Waals surface area contributed by atoms with E-state index >= 15 is 0 Å². The predicted octanol–water partition coefficient (Wildman–Crippen LogP) is 2.91. The van der Waals surface area contributed by atoms with Crippen LogP contribution in [0.1, 0.15) is 12.5 Å². The lowest BCUT2D eigenvalue weighted by Crippen LogP contribution is -2.40. The minimum absolute atomic E-state index is 0.0606. The van der Waals surface area contributed by atoms with Crippen LogP contribution in [0.25, 0.3) is 0 Å². The topological polar surface area (TPSA) is 49.4 Å². The van der Waals surface area contributed by atoms with Crippen molar-refractivity contribution in [2.24, 2.45) is 0 Å².